The van der Waals surface area contributed by atoms with Crippen LogP contribution in [0.5, 0.6) is 11.5 Å². The van der Waals surface area contributed by atoms with E-state index in [1.165, 1.54) is 27.8 Å². The summed E-state index contributed by atoms with van der Waals surface area (Å²) >= 11 is 0. The number of hydrogen-bond acceptors (Lipinski definition) is 4. The molecule has 0 aliphatic carbocycles. The van der Waals surface area contributed by atoms with Gasteiger partial charge in [0.15, 0.2) is 0 Å². The van der Waals surface area contributed by atoms with Gasteiger partial charge in [-0.3, -0.25) is 0 Å². The molecule has 10 aromatic rings. The van der Waals surface area contributed by atoms with Gasteiger partial charge in [-0.15, -0.1) is 48.1 Å². The Bertz CT molecular complexity index is 3460. The van der Waals surface area contributed by atoms with Crippen molar-refractivity contribution in [3.05, 3.63) is 224 Å². The number of hydrogen-bond donors (Lipinski definition) is 0. The van der Waals surface area contributed by atoms with Crippen LogP contribution < -0.4 is 14.5 Å². The molecule has 0 spiro atoms. The predicted molar refractivity (Wildman–Crippen MR) is 278 cm³/mol. The van der Waals surface area contributed by atoms with E-state index >= 15 is 0 Å². The molecular formula is C62H51N4OPt-3. The van der Waals surface area contributed by atoms with Gasteiger partial charge in [-0.25, -0.2) is 4.98 Å². The fourth-order valence-corrected chi connectivity index (χ4v) is 9.25. The van der Waals surface area contributed by atoms with Crippen molar-refractivity contribution in [2.24, 2.45) is 0 Å². The van der Waals surface area contributed by atoms with Crippen LogP contribution in [-0.4, -0.2) is 9.55 Å². The molecule has 6 heteroatoms. The Labute approximate surface area is 414 Å². The number of ether oxygens (including phenoxy) is 1. The maximum Gasteiger partial charge on any atom is 0.135 e. The monoisotopic (exact) mass is 1060 g/mol. The van der Waals surface area contributed by atoms with Gasteiger partial charge < -0.3 is 19.1 Å². The molecule has 11 rings (SSSR count). The van der Waals surface area contributed by atoms with Gasteiger partial charge >= 0.3 is 0 Å². The third-order valence-corrected chi connectivity index (χ3v) is 12.8. The number of aromatic nitrogens is 2. The SMILES string of the molecule is CC(C)(C)c1cccc(N2[CH-]N(c3[c-]c(Oc4[c-]c5c(cc4)c4cc(-c6ccccc6)ccc4n5-c4cc(C(C)(C)C)ccn4)ccc3)c3cccc(-c4cccc(-c5ccccc5)c4)c32)c1.[Pt]. The molecule has 3 heterocycles. The van der Waals surface area contributed by atoms with Crippen molar-refractivity contribution in [3.63, 3.8) is 0 Å². The van der Waals surface area contributed by atoms with Crippen molar-refractivity contribution < 1.29 is 25.8 Å². The first-order chi connectivity index (χ1) is 32.5. The predicted octanol–water partition coefficient (Wildman–Crippen LogP) is 16.6. The molecule has 0 N–H and O–H groups in total. The minimum Gasteiger partial charge on any atom is -0.509 e. The zero-order valence-electron chi connectivity index (χ0n) is 39.1. The zero-order valence-corrected chi connectivity index (χ0v) is 41.3. The van der Waals surface area contributed by atoms with Crippen molar-refractivity contribution in [3.8, 4) is 50.7 Å². The number of para-hydroxylation sites is 1. The van der Waals surface area contributed by atoms with Crippen LogP contribution in [0.1, 0.15) is 52.7 Å². The van der Waals surface area contributed by atoms with E-state index in [1.54, 1.807) is 0 Å². The average Bonchev–Trinajstić information content (AvgIpc) is 3.90. The number of anilines is 4. The Morgan fingerprint density at radius 1 is 0.500 bits per heavy atom. The molecule has 1 aliphatic heterocycles. The molecule has 5 nitrogen and oxygen atoms in total. The number of pyridine rings is 1. The summed E-state index contributed by atoms with van der Waals surface area (Å²) in [7, 11) is 0. The van der Waals surface area contributed by atoms with E-state index in [0.29, 0.717) is 11.5 Å². The smallest absolute Gasteiger partial charge is 0.135 e. The summed E-state index contributed by atoms with van der Waals surface area (Å²) in [5.74, 6) is 2.02. The van der Waals surface area contributed by atoms with Crippen molar-refractivity contribution in [1.82, 2.24) is 9.55 Å². The van der Waals surface area contributed by atoms with Gasteiger partial charge in [0.1, 0.15) is 5.82 Å². The second kappa shape index (κ2) is 17.8. The van der Waals surface area contributed by atoms with Crippen LogP contribution in [0.3, 0.4) is 0 Å². The van der Waals surface area contributed by atoms with Crippen LogP contribution in [0.25, 0.3) is 61.0 Å². The van der Waals surface area contributed by atoms with E-state index in [-0.39, 0.29) is 31.9 Å². The first kappa shape index (κ1) is 44.6. The van der Waals surface area contributed by atoms with Crippen molar-refractivity contribution >= 4 is 44.6 Å². The number of rotatable bonds is 8. The summed E-state index contributed by atoms with van der Waals surface area (Å²) in [6, 6.07) is 74.0. The summed E-state index contributed by atoms with van der Waals surface area (Å²) < 4.78 is 8.96. The van der Waals surface area contributed by atoms with Gasteiger partial charge in [-0.2, -0.15) is 12.1 Å². The fourth-order valence-electron chi connectivity index (χ4n) is 9.25. The molecule has 0 atom stereocenters. The second-order valence-electron chi connectivity index (χ2n) is 19.4. The summed E-state index contributed by atoms with van der Waals surface area (Å²) in [5, 5.41) is 2.20. The fraction of sp³-hybridized carbons (Fsp3) is 0.129. The second-order valence-corrected chi connectivity index (χ2v) is 19.4. The quantitative estimate of drug-likeness (QED) is 0.142. The zero-order chi connectivity index (χ0) is 45.9. The van der Waals surface area contributed by atoms with Gasteiger partial charge in [0.25, 0.3) is 0 Å². The first-order valence-corrected chi connectivity index (χ1v) is 23.0. The van der Waals surface area contributed by atoms with E-state index in [9.17, 15) is 0 Å². The Balaban J connectivity index is 0.00000539. The van der Waals surface area contributed by atoms with Gasteiger partial charge in [-0.1, -0.05) is 162 Å². The summed E-state index contributed by atoms with van der Waals surface area (Å²) in [4.78, 5) is 9.48. The van der Waals surface area contributed by atoms with Crippen LogP contribution in [0.15, 0.2) is 194 Å². The van der Waals surface area contributed by atoms with E-state index in [2.05, 4.69) is 245 Å². The normalized spacial score (nSPS) is 12.6. The van der Waals surface area contributed by atoms with Crippen LogP contribution in [0.4, 0.5) is 22.7 Å². The van der Waals surface area contributed by atoms with Crippen LogP contribution in [-0.2, 0) is 31.9 Å². The summed E-state index contributed by atoms with van der Waals surface area (Å²) in [5.41, 5.74) is 15.4. The molecule has 0 bridgehead atoms. The number of fused-ring (bicyclic) bond motifs is 4. The minimum atomic E-state index is -0.0500. The van der Waals surface area contributed by atoms with E-state index in [1.807, 2.05) is 24.4 Å². The standard InChI is InChI=1S/C62H51N4O.Pt/c1-61(2,3)47-23-14-24-49(37-47)65-41-64(57-28-16-27-53(60(57)65)46-22-13-21-44(35-46)42-17-9-7-10-18-42)50-25-15-26-51(39-50)67-52-30-31-54-55-36-45(43-19-11-8-12-20-43)29-32-56(55)66(58(54)40-52)59-38-48(33-34-63-59)62(4,5)6;/h7-38,41H,1-6H3;/q-3;. The molecule has 1 aliphatic rings. The third-order valence-electron chi connectivity index (χ3n) is 12.8. The first-order valence-electron chi connectivity index (χ1n) is 23.0. The molecule has 2 aromatic heterocycles. The van der Waals surface area contributed by atoms with Crippen LogP contribution >= 0.6 is 0 Å². The van der Waals surface area contributed by atoms with Crippen molar-refractivity contribution in [2.75, 3.05) is 9.80 Å². The topological polar surface area (TPSA) is 33.5 Å². The maximum atomic E-state index is 6.75. The Hall–Kier alpha value is -7.20. The van der Waals surface area contributed by atoms with Crippen molar-refractivity contribution in [2.45, 2.75) is 52.4 Å². The average molecular weight is 1060 g/mol. The number of benzene rings is 8. The molecule has 0 fully saturated rings. The van der Waals surface area contributed by atoms with Gasteiger partial charge in [0.05, 0.1) is 0 Å². The largest absolute Gasteiger partial charge is 0.509 e. The van der Waals surface area contributed by atoms with Gasteiger partial charge in [0, 0.05) is 66.9 Å². The van der Waals surface area contributed by atoms with Crippen LogP contribution in [0, 0.1) is 18.8 Å². The molecule has 0 radical (unpaired) electrons. The molecule has 68 heavy (non-hydrogen) atoms. The molecular weight excluding hydrogens is 1010 g/mol. The Kier molecular flexibility index (Phi) is 11.7. The van der Waals surface area contributed by atoms with E-state index < -0.39 is 0 Å². The summed E-state index contributed by atoms with van der Waals surface area (Å²) in [6.45, 7) is 15.7. The molecule has 0 amide bonds. The molecule has 8 aromatic carbocycles. The molecule has 0 saturated heterocycles. The van der Waals surface area contributed by atoms with E-state index in [4.69, 9.17) is 9.72 Å². The molecule has 0 unspecified atom stereocenters. The van der Waals surface area contributed by atoms with Crippen LogP contribution in [0.2, 0.25) is 0 Å². The maximum absolute atomic E-state index is 6.75. The molecule has 0 saturated carbocycles. The summed E-state index contributed by atoms with van der Waals surface area (Å²) in [6.07, 6.45) is 1.91. The number of nitrogens with zero attached hydrogens (tertiary/aromatic N) is 4. The third kappa shape index (κ3) is 8.41. The van der Waals surface area contributed by atoms with Crippen molar-refractivity contribution in [1.29, 1.82) is 0 Å². The van der Waals surface area contributed by atoms with E-state index in [0.717, 1.165) is 67.1 Å². The molecule has 338 valence electrons. The Morgan fingerprint density at radius 2 is 1.15 bits per heavy atom. The Morgan fingerprint density at radius 3 is 1.90 bits per heavy atom. The van der Waals surface area contributed by atoms with Gasteiger partial charge in [0.2, 0.25) is 0 Å². The van der Waals surface area contributed by atoms with Gasteiger partial charge in [-0.05, 0) is 97.6 Å². The minimum absolute atomic E-state index is 0.